The molecule has 5 heteroatoms. The van der Waals surface area contributed by atoms with Crippen molar-refractivity contribution in [2.75, 3.05) is 20.2 Å². The number of hydrogen-bond donors (Lipinski definition) is 0. The van der Waals surface area contributed by atoms with Crippen LogP contribution in [0.5, 0.6) is 0 Å². The fraction of sp³-hybridized carbons (Fsp3) is 0.625. The van der Waals surface area contributed by atoms with Gasteiger partial charge in [0.05, 0.1) is 12.0 Å². The van der Waals surface area contributed by atoms with Gasteiger partial charge in [-0.1, -0.05) is 19.1 Å². The Labute approximate surface area is 173 Å². The molecule has 0 amide bonds. The Morgan fingerprint density at radius 3 is 2.86 bits per heavy atom. The van der Waals surface area contributed by atoms with Gasteiger partial charge in [0.2, 0.25) is 0 Å². The number of benzene rings is 1. The topological polar surface area (TPSA) is 43.7 Å². The minimum Gasteiger partial charge on any atom is -0.459 e. The van der Waals surface area contributed by atoms with E-state index in [2.05, 4.69) is 47.8 Å². The fourth-order valence-corrected chi connectivity index (χ4v) is 6.15. The maximum absolute atomic E-state index is 13.1. The monoisotopic (exact) mass is 396 g/mol. The first-order valence-corrected chi connectivity index (χ1v) is 11.1. The molecule has 3 aliphatic rings. The van der Waals surface area contributed by atoms with Crippen LogP contribution in [-0.4, -0.2) is 53.9 Å². The van der Waals surface area contributed by atoms with Gasteiger partial charge >= 0.3 is 5.97 Å². The zero-order valence-electron chi connectivity index (χ0n) is 17.8. The molecule has 0 radical (unpaired) electrons. The summed E-state index contributed by atoms with van der Waals surface area (Å²) in [5.41, 5.74) is 4.17. The van der Waals surface area contributed by atoms with Gasteiger partial charge in [-0.05, 0) is 55.8 Å². The minimum atomic E-state index is -0.0733. The van der Waals surface area contributed by atoms with E-state index in [1.807, 2.05) is 0 Å². The molecule has 5 nitrogen and oxygen atoms in total. The van der Waals surface area contributed by atoms with E-state index in [9.17, 15) is 4.79 Å². The number of piperidine rings is 1. The highest BCUT2D eigenvalue weighted by atomic mass is 16.6. The zero-order valence-corrected chi connectivity index (χ0v) is 17.8. The number of ether oxygens (including phenoxy) is 2. The van der Waals surface area contributed by atoms with E-state index in [1.54, 1.807) is 7.11 Å². The van der Waals surface area contributed by atoms with Crippen molar-refractivity contribution in [1.82, 2.24) is 9.47 Å². The Hall–Kier alpha value is -1.85. The van der Waals surface area contributed by atoms with Crippen LogP contribution in [0.3, 0.4) is 0 Å². The third kappa shape index (κ3) is 3.10. The van der Waals surface area contributed by atoms with Crippen LogP contribution in [0, 0.1) is 5.92 Å². The number of hydrogen-bond acceptors (Lipinski definition) is 4. The molecule has 3 unspecified atom stereocenters. The van der Waals surface area contributed by atoms with E-state index < -0.39 is 0 Å². The number of rotatable bonds is 4. The van der Waals surface area contributed by atoms with Crippen LogP contribution < -0.4 is 0 Å². The van der Waals surface area contributed by atoms with Crippen molar-refractivity contribution in [1.29, 1.82) is 0 Å². The van der Waals surface area contributed by atoms with Crippen LogP contribution in [0.2, 0.25) is 0 Å². The highest BCUT2D eigenvalue weighted by molar-refractivity contribution is 5.89. The number of methoxy groups -OCH3 is 1. The van der Waals surface area contributed by atoms with Crippen LogP contribution in [0.1, 0.15) is 49.7 Å². The van der Waals surface area contributed by atoms with Crippen molar-refractivity contribution < 1.29 is 14.3 Å². The van der Waals surface area contributed by atoms with Crippen LogP contribution in [0.15, 0.2) is 24.4 Å². The number of likely N-dealkylation sites (N-methyl/N-ethyl adjacent to an activating group) is 1. The number of carbonyl (C=O) groups is 1. The molecule has 1 aromatic carbocycles. The third-order valence-electron chi connectivity index (χ3n) is 7.58. The molecule has 0 N–H and O–H groups in total. The summed E-state index contributed by atoms with van der Waals surface area (Å²) in [6.45, 7) is 3.98. The van der Waals surface area contributed by atoms with E-state index in [0.29, 0.717) is 12.0 Å². The predicted molar refractivity (Wildman–Crippen MR) is 113 cm³/mol. The van der Waals surface area contributed by atoms with Gasteiger partial charge in [-0.25, -0.2) is 0 Å². The third-order valence-corrected chi connectivity index (χ3v) is 7.58. The first-order chi connectivity index (χ1) is 14.1. The molecule has 2 aromatic rings. The highest BCUT2D eigenvalue weighted by Gasteiger charge is 2.43. The number of carbonyl (C=O) groups excluding carboxylic acids is 1. The fourth-order valence-electron chi connectivity index (χ4n) is 6.15. The van der Waals surface area contributed by atoms with E-state index in [4.69, 9.17) is 9.47 Å². The second kappa shape index (κ2) is 7.44. The number of fused-ring (bicyclic) bond motifs is 2. The van der Waals surface area contributed by atoms with Crippen molar-refractivity contribution in [3.05, 3.63) is 35.5 Å². The molecule has 156 valence electrons. The summed E-state index contributed by atoms with van der Waals surface area (Å²) in [5, 5.41) is 1.41. The van der Waals surface area contributed by atoms with Crippen LogP contribution in [-0.2, 0) is 27.7 Å². The molecule has 5 atom stereocenters. The van der Waals surface area contributed by atoms with Gasteiger partial charge < -0.3 is 14.0 Å². The molecular weight excluding hydrogens is 364 g/mol. The molecule has 1 aromatic heterocycles. The lowest BCUT2D eigenvalue weighted by atomic mass is 9.72. The Morgan fingerprint density at radius 1 is 1.24 bits per heavy atom. The van der Waals surface area contributed by atoms with Gasteiger partial charge in [-0.3, -0.25) is 9.69 Å². The summed E-state index contributed by atoms with van der Waals surface area (Å²) in [6.07, 6.45) is 7.23. The molecule has 2 aliphatic carbocycles. The normalized spacial score (nSPS) is 31.8. The number of nitrogens with zero attached hydrogens (tertiary/aromatic N) is 2. The van der Waals surface area contributed by atoms with E-state index in [0.717, 1.165) is 45.2 Å². The summed E-state index contributed by atoms with van der Waals surface area (Å²) in [4.78, 5) is 15.6. The van der Waals surface area contributed by atoms with Crippen molar-refractivity contribution in [3.8, 4) is 0 Å². The summed E-state index contributed by atoms with van der Waals surface area (Å²) in [6, 6.07) is 7.13. The molecule has 0 spiro atoms. The lowest BCUT2D eigenvalue weighted by Crippen LogP contribution is -2.52. The number of aryl methyl sites for hydroxylation is 1. The average Bonchev–Trinajstić information content (AvgIpc) is 3.32. The molecule has 1 saturated carbocycles. The Morgan fingerprint density at radius 2 is 2.07 bits per heavy atom. The molecule has 1 aliphatic heterocycles. The maximum atomic E-state index is 13.1. The van der Waals surface area contributed by atoms with Crippen molar-refractivity contribution in [3.63, 3.8) is 0 Å². The van der Waals surface area contributed by atoms with E-state index in [-0.39, 0.29) is 24.1 Å². The molecule has 1 saturated heterocycles. The molecule has 29 heavy (non-hydrogen) atoms. The Kier molecular flexibility index (Phi) is 4.91. The Bertz CT molecular complexity index is 920. The number of likely N-dealkylation sites (tertiary alicyclic amines) is 1. The quantitative estimate of drug-likeness (QED) is 0.740. The van der Waals surface area contributed by atoms with Crippen molar-refractivity contribution in [2.24, 2.45) is 13.0 Å². The largest absolute Gasteiger partial charge is 0.459 e. The van der Waals surface area contributed by atoms with Crippen molar-refractivity contribution >= 4 is 16.9 Å². The Balaban J connectivity index is 1.43. The van der Waals surface area contributed by atoms with E-state index >= 15 is 0 Å². The summed E-state index contributed by atoms with van der Waals surface area (Å²) in [7, 11) is 3.86. The second-order valence-electron chi connectivity index (χ2n) is 9.09. The highest BCUT2D eigenvalue weighted by Crippen LogP contribution is 2.45. The molecule has 5 rings (SSSR count). The molecule has 0 bridgehead atoms. The second-order valence-corrected chi connectivity index (χ2v) is 9.09. The molecular formula is C24H32N2O3. The van der Waals surface area contributed by atoms with Gasteiger partial charge in [-0.2, -0.15) is 0 Å². The van der Waals surface area contributed by atoms with Gasteiger partial charge in [0.1, 0.15) is 6.10 Å². The van der Waals surface area contributed by atoms with Crippen LogP contribution >= 0.6 is 0 Å². The number of aromatic nitrogens is 1. The minimum absolute atomic E-state index is 0.0260. The van der Waals surface area contributed by atoms with Crippen molar-refractivity contribution in [2.45, 2.75) is 63.2 Å². The lowest BCUT2D eigenvalue weighted by Gasteiger charge is -2.46. The van der Waals surface area contributed by atoms with Gasteiger partial charge in [-0.15, -0.1) is 0 Å². The smallest absolute Gasteiger partial charge is 0.310 e. The molecule has 2 fully saturated rings. The van der Waals surface area contributed by atoms with Crippen LogP contribution in [0.25, 0.3) is 10.9 Å². The summed E-state index contributed by atoms with van der Waals surface area (Å²) < 4.78 is 13.8. The van der Waals surface area contributed by atoms with E-state index in [1.165, 1.54) is 22.0 Å². The van der Waals surface area contributed by atoms with Crippen LogP contribution in [0.4, 0.5) is 0 Å². The molecule has 2 heterocycles. The SMILES string of the molecule is CCN1C[C@H](C(=O)OC2CCCC2OC)CC2c3cccc4c3c(cn4C)C[C@H]21. The van der Waals surface area contributed by atoms with Gasteiger partial charge in [0.25, 0.3) is 0 Å². The predicted octanol–water partition coefficient (Wildman–Crippen LogP) is 3.64. The standard InChI is InChI=1S/C24H32N2O3/c1-4-26-14-16(24(27)29-22-10-6-9-21(22)28-3)11-18-17-7-5-8-19-23(17)15(12-20(18)26)13-25(19)2/h5,7-8,13,16,18,20-22H,4,6,9-12,14H2,1-3H3/t16-,18?,20-,21?,22?/m1/s1. The zero-order chi connectivity index (χ0) is 20.1. The summed E-state index contributed by atoms with van der Waals surface area (Å²) >= 11 is 0. The van der Waals surface area contributed by atoms with Gasteiger partial charge in [0, 0.05) is 49.8 Å². The van der Waals surface area contributed by atoms with Gasteiger partial charge in [0.15, 0.2) is 0 Å². The first kappa shape index (κ1) is 19.1. The number of esters is 1. The average molecular weight is 397 g/mol. The maximum Gasteiger partial charge on any atom is 0.310 e. The summed E-state index contributed by atoms with van der Waals surface area (Å²) in [5.74, 6) is 0.304. The lowest BCUT2D eigenvalue weighted by molar-refractivity contribution is -0.162. The first-order valence-electron chi connectivity index (χ1n) is 11.1.